The summed E-state index contributed by atoms with van der Waals surface area (Å²) in [4.78, 5) is 16.9. The molecule has 0 spiro atoms. The fourth-order valence-corrected chi connectivity index (χ4v) is 3.77. The normalized spacial score (nSPS) is 19.8. The lowest BCUT2D eigenvalue weighted by molar-refractivity contribution is -0.127. The van der Waals surface area contributed by atoms with Crippen molar-refractivity contribution in [3.8, 4) is 0 Å². The van der Waals surface area contributed by atoms with Gasteiger partial charge in [0.1, 0.15) is 5.82 Å². The molecule has 1 amide bonds. The maximum Gasteiger partial charge on any atom is 0.223 e. The smallest absolute Gasteiger partial charge is 0.223 e. The number of aliphatic hydroxyl groups is 2. The van der Waals surface area contributed by atoms with Gasteiger partial charge in [0, 0.05) is 17.3 Å². The Morgan fingerprint density at radius 1 is 1.29 bits per heavy atom. The highest BCUT2D eigenvalue weighted by molar-refractivity contribution is 6.00. The molecular weight excluding hydrogens is 396 g/mol. The van der Waals surface area contributed by atoms with E-state index in [2.05, 4.69) is 27.3 Å². The van der Waals surface area contributed by atoms with Crippen molar-refractivity contribution >= 4 is 22.6 Å². The van der Waals surface area contributed by atoms with Gasteiger partial charge in [-0.15, -0.1) is 0 Å². The minimum Gasteiger partial charge on any atom is -0.404 e. The number of amides is 1. The van der Waals surface area contributed by atoms with E-state index in [9.17, 15) is 4.79 Å². The summed E-state index contributed by atoms with van der Waals surface area (Å²) in [5, 5.41) is 29.7. The molecule has 9 heteroatoms. The van der Waals surface area contributed by atoms with Crippen LogP contribution in [0.15, 0.2) is 60.1 Å². The van der Waals surface area contributed by atoms with Crippen molar-refractivity contribution < 1.29 is 15.0 Å². The fraction of sp³-hybridized carbons (Fsp3) is 0.409. The molecule has 0 saturated heterocycles. The number of nitrogens with zero attached hydrogens (tertiary/aromatic N) is 3. The highest BCUT2D eigenvalue weighted by atomic mass is 16.3. The first-order valence-electron chi connectivity index (χ1n) is 10.4. The molecule has 1 aliphatic carbocycles. The van der Waals surface area contributed by atoms with E-state index in [1.807, 2.05) is 24.3 Å². The van der Waals surface area contributed by atoms with E-state index in [0.717, 1.165) is 23.7 Å². The second-order valence-electron chi connectivity index (χ2n) is 7.65. The average molecular weight is 427 g/mol. The molecule has 6 N–H and O–H groups in total. The summed E-state index contributed by atoms with van der Waals surface area (Å²) in [6.45, 7) is 3.48. The summed E-state index contributed by atoms with van der Waals surface area (Å²) in [6, 6.07) is 7.38. The van der Waals surface area contributed by atoms with Gasteiger partial charge in [0.05, 0.1) is 31.0 Å². The van der Waals surface area contributed by atoms with Gasteiger partial charge in [-0.05, 0) is 44.0 Å². The molecule has 166 valence electrons. The molecule has 1 fully saturated rings. The number of benzene rings is 1. The Balaban J connectivity index is 1.60. The standard InChI is InChI=1S/C22H30N6O3/c1-15(25-18-8-6-16(7-9-18)22(31)27-19(13-29)14-30)26-21(10-11-23)28-20-5-3-2-4-17(20)12-24-28/h2-5,10-12,16,18-19,25,29-30H,1,6-9,13-14,23H2,(H,27,31)/b11-10-,26-21?. The lowest BCUT2D eigenvalue weighted by Crippen LogP contribution is -2.45. The first kappa shape index (κ1) is 22.5. The fourth-order valence-electron chi connectivity index (χ4n) is 3.77. The van der Waals surface area contributed by atoms with Crippen LogP contribution >= 0.6 is 0 Å². The zero-order chi connectivity index (χ0) is 22.2. The zero-order valence-electron chi connectivity index (χ0n) is 17.4. The molecular formula is C22H30N6O3. The SMILES string of the molecule is C=C(N=C(/C=C\N)n1ncc2ccccc21)NC1CCC(C(=O)NC(CO)CO)CC1. The molecule has 1 aliphatic rings. The van der Waals surface area contributed by atoms with Gasteiger partial charge < -0.3 is 26.6 Å². The Hall–Kier alpha value is -3.17. The third-order valence-electron chi connectivity index (χ3n) is 5.44. The summed E-state index contributed by atoms with van der Waals surface area (Å²) in [5.74, 6) is 0.806. The number of aromatic nitrogens is 2. The molecule has 1 heterocycles. The number of rotatable bonds is 8. The van der Waals surface area contributed by atoms with Crippen LogP contribution < -0.4 is 16.4 Å². The molecule has 31 heavy (non-hydrogen) atoms. The van der Waals surface area contributed by atoms with Gasteiger partial charge >= 0.3 is 0 Å². The van der Waals surface area contributed by atoms with Crippen molar-refractivity contribution in [2.45, 2.75) is 37.8 Å². The number of nitrogens with one attached hydrogen (secondary N) is 2. The zero-order valence-corrected chi connectivity index (χ0v) is 17.4. The topological polar surface area (TPSA) is 138 Å². The molecule has 0 bridgehead atoms. The van der Waals surface area contributed by atoms with Crippen molar-refractivity contribution in [2.24, 2.45) is 16.6 Å². The second-order valence-corrected chi connectivity index (χ2v) is 7.65. The Bertz CT molecular complexity index is 955. The first-order valence-corrected chi connectivity index (χ1v) is 10.4. The summed E-state index contributed by atoms with van der Waals surface area (Å²) < 4.78 is 1.71. The molecule has 9 nitrogen and oxygen atoms in total. The second kappa shape index (κ2) is 10.7. The van der Waals surface area contributed by atoms with E-state index in [1.165, 1.54) is 6.20 Å². The van der Waals surface area contributed by atoms with Crippen LogP contribution in [-0.2, 0) is 4.79 Å². The van der Waals surface area contributed by atoms with Crippen LogP contribution in [0, 0.1) is 5.92 Å². The minimum absolute atomic E-state index is 0.121. The van der Waals surface area contributed by atoms with Crippen molar-refractivity contribution in [2.75, 3.05) is 13.2 Å². The van der Waals surface area contributed by atoms with Crippen LogP contribution in [-0.4, -0.2) is 57.0 Å². The van der Waals surface area contributed by atoms with E-state index in [4.69, 9.17) is 15.9 Å². The van der Waals surface area contributed by atoms with Crippen LogP contribution in [0.1, 0.15) is 25.7 Å². The number of fused-ring (bicyclic) bond motifs is 1. The Morgan fingerprint density at radius 2 is 2.00 bits per heavy atom. The lowest BCUT2D eigenvalue weighted by Gasteiger charge is -2.29. The molecule has 1 aromatic carbocycles. The van der Waals surface area contributed by atoms with Crippen molar-refractivity contribution in [3.63, 3.8) is 0 Å². The van der Waals surface area contributed by atoms with Crippen LogP contribution in [0.25, 0.3) is 10.9 Å². The third-order valence-corrected chi connectivity index (χ3v) is 5.44. The van der Waals surface area contributed by atoms with Gasteiger partial charge in [-0.1, -0.05) is 24.8 Å². The number of aliphatic hydroxyl groups excluding tert-OH is 2. The van der Waals surface area contributed by atoms with Crippen LogP contribution in [0.3, 0.4) is 0 Å². The monoisotopic (exact) mass is 426 g/mol. The summed E-state index contributed by atoms with van der Waals surface area (Å²) >= 11 is 0. The maximum absolute atomic E-state index is 12.3. The predicted octanol–water partition coefficient (Wildman–Crippen LogP) is 0.844. The Kier molecular flexibility index (Phi) is 7.80. The minimum atomic E-state index is -0.607. The molecule has 1 saturated carbocycles. The number of nitrogens with two attached hydrogens (primary N) is 1. The number of hydrogen-bond donors (Lipinski definition) is 5. The molecule has 0 radical (unpaired) electrons. The van der Waals surface area contributed by atoms with Crippen molar-refractivity contribution in [3.05, 3.63) is 55.1 Å². The summed E-state index contributed by atoms with van der Waals surface area (Å²) in [7, 11) is 0. The largest absolute Gasteiger partial charge is 0.404 e. The van der Waals surface area contributed by atoms with Gasteiger partial charge in [0.15, 0.2) is 5.84 Å². The number of carbonyl (C=O) groups is 1. The van der Waals surface area contributed by atoms with Gasteiger partial charge in [-0.3, -0.25) is 4.79 Å². The molecule has 0 aliphatic heterocycles. The average Bonchev–Trinajstić information content (AvgIpc) is 3.21. The number of para-hydroxylation sites is 1. The van der Waals surface area contributed by atoms with Crippen LogP contribution in [0.2, 0.25) is 0 Å². The first-order chi connectivity index (χ1) is 15.0. The molecule has 1 aromatic heterocycles. The van der Waals surface area contributed by atoms with Crippen molar-refractivity contribution in [1.82, 2.24) is 20.4 Å². The third kappa shape index (κ3) is 5.71. The summed E-state index contributed by atoms with van der Waals surface area (Å²) in [6.07, 6.45) is 7.87. The highest BCUT2D eigenvalue weighted by Gasteiger charge is 2.27. The van der Waals surface area contributed by atoms with E-state index in [0.29, 0.717) is 24.5 Å². The molecule has 0 atom stereocenters. The Morgan fingerprint density at radius 3 is 2.68 bits per heavy atom. The van der Waals surface area contributed by atoms with E-state index in [1.54, 1.807) is 17.0 Å². The van der Waals surface area contributed by atoms with Gasteiger partial charge in [-0.2, -0.15) is 5.10 Å². The van der Waals surface area contributed by atoms with Gasteiger partial charge in [-0.25, -0.2) is 9.67 Å². The molecule has 3 rings (SSSR count). The van der Waals surface area contributed by atoms with Gasteiger partial charge in [0.2, 0.25) is 5.91 Å². The van der Waals surface area contributed by atoms with Gasteiger partial charge in [0.25, 0.3) is 0 Å². The predicted molar refractivity (Wildman–Crippen MR) is 120 cm³/mol. The quantitative estimate of drug-likeness (QED) is 0.313. The van der Waals surface area contributed by atoms with E-state index < -0.39 is 6.04 Å². The summed E-state index contributed by atoms with van der Waals surface area (Å²) in [5.41, 5.74) is 6.54. The highest BCUT2D eigenvalue weighted by Crippen LogP contribution is 2.25. The van der Waals surface area contributed by atoms with E-state index >= 15 is 0 Å². The van der Waals surface area contributed by atoms with Crippen molar-refractivity contribution in [1.29, 1.82) is 0 Å². The van der Waals surface area contributed by atoms with Crippen LogP contribution in [0.5, 0.6) is 0 Å². The number of carbonyl (C=O) groups excluding carboxylic acids is 1. The number of hydrogen-bond acceptors (Lipinski definition) is 7. The maximum atomic E-state index is 12.3. The molecule has 0 unspecified atom stereocenters. The van der Waals surface area contributed by atoms with Crippen LogP contribution in [0.4, 0.5) is 0 Å². The number of allylic oxidation sites excluding steroid dienone is 1. The van der Waals surface area contributed by atoms with E-state index in [-0.39, 0.29) is 31.1 Å². The lowest BCUT2D eigenvalue weighted by atomic mass is 9.85. The molecule has 2 aromatic rings. The Labute approximate surface area is 181 Å². The number of aliphatic imine (C=N–C) groups is 1.